The first-order chi connectivity index (χ1) is 10.2. The number of thioether (sulfide) groups is 1. The Morgan fingerprint density at radius 1 is 1.29 bits per heavy atom. The largest absolute Gasteiger partial charge is 0.339 e. The van der Waals surface area contributed by atoms with E-state index < -0.39 is 0 Å². The number of carbonyl (C=O) groups is 1. The molecule has 1 heterocycles. The normalized spacial score (nSPS) is 25.0. The van der Waals surface area contributed by atoms with E-state index in [9.17, 15) is 4.79 Å². The van der Waals surface area contributed by atoms with E-state index in [0.29, 0.717) is 11.9 Å². The molecule has 1 aliphatic heterocycles. The van der Waals surface area contributed by atoms with Gasteiger partial charge in [0.1, 0.15) is 0 Å². The molecule has 0 radical (unpaired) electrons. The number of nitrogens with one attached hydrogen (secondary N) is 1. The number of hydrogen-bond donors (Lipinski definition) is 1. The van der Waals surface area contributed by atoms with Crippen LogP contribution in [0.25, 0.3) is 0 Å². The molecule has 3 nitrogen and oxygen atoms in total. The van der Waals surface area contributed by atoms with Crippen LogP contribution in [0.3, 0.4) is 0 Å². The summed E-state index contributed by atoms with van der Waals surface area (Å²) in [6.07, 6.45) is 4.38. The zero-order valence-corrected chi connectivity index (χ0v) is 13.5. The predicted molar refractivity (Wildman–Crippen MR) is 87.5 cm³/mol. The second kappa shape index (κ2) is 6.41. The van der Waals surface area contributed by atoms with Crippen molar-refractivity contribution in [3.63, 3.8) is 0 Å². The van der Waals surface area contributed by atoms with Crippen LogP contribution in [-0.2, 0) is 4.79 Å². The lowest BCUT2D eigenvalue weighted by molar-refractivity contribution is -0.134. The van der Waals surface area contributed by atoms with Crippen LogP contribution in [-0.4, -0.2) is 41.2 Å². The summed E-state index contributed by atoms with van der Waals surface area (Å²) in [5.74, 6) is 0.363. The minimum atomic E-state index is -0.224. The van der Waals surface area contributed by atoms with Crippen molar-refractivity contribution in [3.8, 4) is 0 Å². The summed E-state index contributed by atoms with van der Waals surface area (Å²) in [6, 6.07) is 10.8. The Morgan fingerprint density at radius 3 is 2.67 bits per heavy atom. The zero-order chi connectivity index (χ0) is 14.7. The second-order valence-corrected chi connectivity index (χ2v) is 7.68. The van der Waals surface area contributed by atoms with E-state index in [1.165, 1.54) is 17.7 Å². The lowest BCUT2D eigenvalue weighted by atomic mass is 10.0. The van der Waals surface area contributed by atoms with E-state index in [1.807, 2.05) is 6.07 Å². The van der Waals surface area contributed by atoms with Gasteiger partial charge >= 0.3 is 0 Å². The number of rotatable bonds is 3. The Balaban J connectivity index is 1.78. The lowest BCUT2D eigenvalue weighted by Crippen LogP contribution is -2.56. The van der Waals surface area contributed by atoms with E-state index in [-0.39, 0.29) is 4.75 Å². The van der Waals surface area contributed by atoms with Crippen molar-refractivity contribution in [1.29, 1.82) is 0 Å². The fourth-order valence-corrected chi connectivity index (χ4v) is 4.88. The van der Waals surface area contributed by atoms with Crippen LogP contribution in [0.2, 0.25) is 0 Å². The van der Waals surface area contributed by atoms with E-state index in [4.69, 9.17) is 0 Å². The number of nitrogens with zero attached hydrogens (tertiary/aromatic N) is 1. The number of amides is 1. The van der Waals surface area contributed by atoms with Crippen molar-refractivity contribution in [3.05, 3.63) is 30.3 Å². The molecule has 4 heteroatoms. The van der Waals surface area contributed by atoms with Gasteiger partial charge in [-0.1, -0.05) is 31.0 Å². The second-order valence-electron chi connectivity index (χ2n) is 6.22. The highest BCUT2D eigenvalue weighted by Crippen LogP contribution is 2.46. The molecule has 0 aromatic heterocycles. The summed E-state index contributed by atoms with van der Waals surface area (Å²) < 4.78 is -0.224. The third-order valence-corrected chi connectivity index (χ3v) is 5.99. The highest BCUT2D eigenvalue weighted by Gasteiger charge is 2.45. The van der Waals surface area contributed by atoms with Crippen LogP contribution < -0.4 is 5.32 Å². The van der Waals surface area contributed by atoms with Crippen LogP contribution in [0.15, 0.2) is 35.2 Å². The van der Waals surface area contributed by atoms with Crippen LogP contribution in [0.1, 0.15) is 32.6 Å². The average Bonchev–Trinajstić information content (AvgIpc) is 2.97. The van der Waals surface area contributed by atoms with Crippen LogP contribution in [0, 0.1) is 0 Å². The first-order valence-corrected chi connectivity index (χ1v) is 8.78. The Bertz CT molecular complexity index is 485. The van der Waals surface area contributed by atoms with Crippen molar-refractivity contribution in [2.24, 2.45) is 0 Å². The molecule has 1 unspecified atom stereocenters. The Kier molecular flexibility index (Phi) is 4.55. The predicted octanol–water partition coefficient (Wildman–Crippen LogP) is 2.91. The highest BCUT2D eigenvalue weighted by atomic mass is 32.2. The summed E-state index contributed by atoms with van der Waals surface area (Å²) in [5, 5.41) is 3.42. The Morgan fingerprint density at radius 2 is 2.00 bits per heavy atom. The van der Waals surface area contributed by atoms with Crippen molar-refractivity contribution in [2.45, 2.75) is 48.3 Å². The van der Waals surface area contributed by atoms with Gasteiger partial charge in [-0.25, -0.2) is 0 Å². The average molecular weight is 304 g/mol. The van der Waals surface area contributed by atoms with Crippen LogP contribution >= 0.6 is 11.8 Å². The van der Waals surface area contributed by atoms with Gasteiger partial charge in [0, 0.05) is 30.6 Å². The Hall–Kier alpha value is -1.00. The molecule has 21 heavy (non-hydrogen) atoms. The molecule has 1 amide bonds. The molecule has 1 N–H and O–H groups in total. The van der Waals surface area contributed by atoms with Crippen LogP contribution in [0.5, 0.6) is 0 Å². The number of carbonyl (C=O) groups excluding carboxylic acids is 1. The molecule has 1 aromatic rings. The number of benzene rings is 1. The van der Waals surface area contributed by atoms with Gasteiger partial charge in [-0.2, -0.15) is 0 Å². The molecule has 1 atom stereocenters. The summed E-state index contributed by atoms with van der Waals surface area (Å²) in [6.45, 7) is 4.76. The third-order valence-electron chi connectivity index (χ3n) is 4.51. The quantitative estimate of drug-likeness (QED) is 0.932. The monoisotopic (exact) mass is 304 g/mol. The first-order valence-electron chi connectivity index (χ1n) is 7.96. The maximum atomic E-state index is 13.1. The summed E-state index contributed by atoms with van der Waals surface area (Å²) in [4.78, 5) is 16.5. The fourth-order valence-electron chi connectivity index (χ4n) is 3.42. The SMILES string of the molecule is CC1CN(C(=O)C2(Sc3ccccc3)CCCC2)CCN1. The topological polar surface area (TPSA) is 32.3 Å². The molecule has 0 bridgehead atoms. The van der Waals surface area contributed by atoms with E-state index in [0.717, 1.165) is 32.5 Å². The molecular weight excluding hydrogens is 280 g/mol. The van der Waals surface area contributed by atoms with E-state index >= 15 is 0 Å². The van der Waals surface area contributed by atoms with E-state index in [2.05, 4.69) is 41.4 Å². The number of piperazine rings is 1. The molecule has 1 saturated carbocycles. The lowest BCUT2D eigenvalue weighted by Gasteiger charge is -2.38. The van der Waals surface area contributed by atoms with E-state index in [1.54, 1.807) is 11.8 Å². The molecule has 114 valence electrons. The third kappa shape index (κ3) is 3.27. The van der Waals surface area contributed by atoms with Gasteiger partial charge in [0.2, 0.25) is 5.91 Å². The zero-order valence-electron chi connectivity index (χ0n) is 12.7. The van der Waals surface area contributed by atoms with Gasteiger partial charge in [0.05, 0.1) is 4.75 Å². The van der Waals surface area contributed by atoms with Crippen molar-refractivity contribution in [1.82, 2.24) is 10.2 Å². The van der Waals surface area contributed by atoms with Gasteiger partial charge in [-0.3, -0.25) is 4.79 Å². The highest BCUT2D eigenvalue weighted by molar-refractivity contribution is 8.01. The Labute approximate surface area is 131 Å². The maximum absolute atomic E-state index is 13.1. The molecule has 0 spiro atoms. The molecule has 2 fully saturated rings. The molecule has 2 aliphatic rings. The summed E-state index contributed by atoms with van der Waals surface area (Å²) in [7, 11) is 0. The minimum absolute atomic E-state index is 0.224. The molecule has 1 aromatic carbocycles. The van der Waals surface area contributed by atoms with Crippen molar-refractivity contribution in [2.75, 3.05) is 19.6 Å². The summed E-state index contributed by atoms with van der Waals surface area (Å²) in [5.41, 5.74) is 0. The van der Waals surface area contributed by atoms with Crippen molar-refractivity contribution >= 4 is 17.7 Å². The van der Waals surface area contributed by atoms with Gasteiger partial charge in [-0.15, -0.1) is 11.8 Å². The standard InChI is InChI=1S/C17H24N2OS/c1-14-13-19(12-11-18-14)16(20)17(9-5-6-10-17)21-15-7-3-2-4-8-15/h2-4,7-8,14,18H,5-6,9-13H2,1H3. The van der Waals surface area contributed by atoms with Crippen LogP contribution in [0.4, 0.5) is 0 Å². The molecule has 1 saturated heterocycles. The van der Waals surface area contributed by atoms with Gasteiger partial charge < -0.3 is 10.2 Å². The molecule has 3 rings (SSSR count). The summed E-state index contributed by atoms with van der Waals surface area (Å²) >= 11 is 1.79. The number of hydrogen-bond acceptors (Lipinski definition) is 3. The maximum Gasteiger partial charge on any atom is 0.239 e. The minimum Gasteiger partial charge on any atom is -0.339 e. The molecule has 1 aliphatic carbocycles. The van der Waals surface area contributed by atoms with Gasteiger partial charge in [0.25, 0.3) is 0 Å². The van der Waals surface area contributed by atoms with Gasteiger partial charge in [-0.05, 0) is 31.9 Å². The fraction of sp³-hybridized carbons (Fsp3) is 0.588. The first kappa shape index (κ1) is 14.9. The molecular formula is C17H24N2OS. The smallest absolute Gasteiger partial charge is 0.239 e. The van der Waals surface area contributed by atoms with Gasteiger partial charge in [0.15, 0.2) is 0 Å². The van der Waals surface area contributed by atoms with Crippen molar-refractivity contribution < 1.29 is 4.79 Å².